The van der Waals surface area contributed by atoms with Crippen LogP contribution >= 0.6 is 11.8 Å². The third-order valence-electron chi connectivity index (χ3n) is 4.88. The third-order valence-corrected chi connectivity index (χ3v) is 6.04. The van der Waals surface area contributed by atoms with E-state index in [-0.39, 0.29) is 0 Å². The van der Waals surface area contributed by atoms with Gasteiger partial charge in [-0.15, -0.1) is 0 Å². The Kier molecular flexibility index (Phi) is 6.37. The first-order valence-corrected chi connectivity index (χ1v) is 10.00. The molecular formula is C19H27N5S. The molecule has 0 bridgehead atoms. The van der Waals surface area contributed by atoms with Gasteiger partial charge in [0.25, 0.3) is 0 Å². The molecule has 0 amide bonds. The Morgan fingerprint density at radius 3 is 2.52 bits per heavy atom. The van der Waals surface area contributed by atoms with Crippen molar-refractivity contribution in [2.45, 2.75) is 62.9 Å². The molecule has 0 saturated carbocycles. The molecule has 1 aliphatic heterocycles. The first-order chi connectivity index (χ1) is 12.2. The number of hydrogen-bond acceptors (Lipinski definition) is 6. The molecule has 3 rings (SSSR count). The van der Waals surface area contributed by atoms with Gasteiger partial charge >= 0.3 is 0 Å². The van der Waals surface area contributed by atoms with Crippen LogP contribution in [0.25, 0.3) is 0 Å². The summed E-state index contributed by atoms with van der Waals surface area (Å²) < 4.78 is 0. The van der Waals surface area contributed by atoms with Gasteiger partial charge in [0.15, 0.2) is 5.16 Å². The van der Waals surface area contributed by atoms with Crippen molar-refractivity contribution in [1.29, 1.82) is 0 Å². The van der Waals surface area contributed by atoms with Crippen molar-refractivity contribution >= 4 is 11.8 Å². The zero-order valence-corrected chi connectivity index (χ0v) is 16.2. The summed E-state index contributed by atoms with van der Waals surface area (Å²) in [5, 5.41) is 1.45. The average molecular weight is 358 g/mol. The molecule has 0 aromatic carbocycles. The van der Waals surface area contributed by atoms with E-state index in [4.69, 9.17) is 0 Å². The molecule has 1 saturated heterocycles. The maximum Gasteiger partial charge on any atom is 0.187 e. The van der Waals surface area contributed by atoms with E-state index in [0.29, 0.717) is 11.2 Å². The van der Waals surface area contributed by atoms with Gasteiger partial charge in [-0.3, -0.25) is 4.90 Å². The van der Waals surface area contributed by atoms with E-state index in [1.807, 2.05) is 18.6 Å². The highest BCUT2D eigenvalue weighted by molar-refractivity contribution is 7.99. The molecule has 134 valence electrons. The largest absolute Gasteiger partial charge is 0.299 e. The van der Waals surface area contributed by atoms with Crippen molar-refractivity contribution in [3.8, 4) is 0 Å². The van der Waals surface area contributed by atoms with E-state index in [9.17, 15) is 0 Å². The fraction of sp³-hybridized carbons (Fsp3) is 0.579. The summed E-state index contributed by atoms with van der Waals surface area (Å²) >= 11 is 1.75. The van der Waals surface area contributed by atoms with Gasteiger partial charge in [-0.25, -0.2) is 19.9 Å². The minimum Gasteiger partial charge on any atom is -0.299 e. The van der Waals surface area contributed by atoms with E-state index in [1.54, 1.807) is 18.1 Å². The van der Waals surface area contributed by atoms with E-state index < -0.39 is 0 Å². The number of likely N-dealkylation sites (tertiary alicyclic amines) is 1. The molecule has 1 aliphatic rings. The van der Waals surface area contributed by atoms with Gasteiger partial charge in [-0.2, -0.15) is 0 Å². The Balaban J connectivity index is 1.51. The Hall–Kier alpha value is -1.53. The molecule has 3 heterocycles. The normalized spacial score (nSPS) is 17.6. The van der Waals surface area contributed by atoms with E-state index in [0.717, 1.165) is 44.1 Å². The zero-order chi connectivity index (χ0) is 17.6. The molecule has 25 heavy (non-hydrogen) atoms. The van der Waals surface area contributed by atoms with Crippen LogP contribution in [0.4, 0.5) is 0 Å². The predicted octanol–water partition coefficient (Wildman–Crippen LogP) is 3.85. The summed E-state index contributed by atoms with van der Waals surface area (Å²) in [4.78, 5) is 20.1. The molecule has 0 aliphatic carbocycles. The fourth-order valence-corrected chi connectivity index (χ4v) is 3.96. The van der Waals surface area contributed by atoms with Crippen molar-refractivity contribution in [1.82, 2.24) is 24.8 Å². The Morgan fingerprint density at radius 2 is 1.88 bits per heavy atom. The maximum absolute atomic E-state index is 4.51. The Bertz CT molecular complexity index is 668. The number of hydrogen-bond donors (Lipinski definition) is 0. The molecular weight excluding hydrogens is 330 g/mol. The second-order valence-corrected chi connectivity index (χ2v) is 8.26. The standard InChI is InChI=1S/C19H27N5S/c1-4-15(3)25-19-21-10-16(11-22-19)12-24-7-5-17(6-8-24)18-14(2)9-20-13-23-18/h9-11,13,15,17H,4-8,12H2,1-3H3/t15-/m0/s1. The second kappa shape index (κ2) is 8.72. The van der Waals surface area contributed by atoms with Crippen molar-refractivity contribution < 1.29 is 0 Å². The summed E-state index contributed by atoms with van der Waals surface area (Å²) in [5.74, 6) is 0.560. The van der Waals surface area contributed by atoms with Crippen LogP contribution in [0.15, 0.2) is 30.1 Å². The fourth-order valence-electron chi connectivity index (χ4n) is 3.21. The number of rotatable bonds is 6. The van der Waals surface area contributed by atoms with Gasteiger partial charge in [0.05, 0.1) is 0 Å². The first kappa shape index (κ1) is 18.3. The van der Waals surface area contributed by atoms with Crippen molar-refractivity contribution in [2.24, 2.45) is 0 Å². The third kappa shape index (κ3) is 4.98. The zero-order valence-electron chi connectivity index (χ0n) is 15.4. The van der Waals surface area contributed by atoms with Crippen LogP contribution in [0, 0.1) is 6.92 Å². The summed E-state index contributed by atoms with van der Waals surface area (Å²) in [5.41, 5.74) is 3.64. The molecule has 1 atom stereocenters. The number of piperidine rings is 1. The number of aryl methyl sites for hydroxylation is 1. The van der Waals surface area contributed by atoms with Gasteiger partial charge in [0.2, 0.25) is 0 Å². The molecule has 2 aromatic rings. The van der Waals surface area contributed by atoms with Crippen LogP contribution in [0.2, 0.25) is 0 Å². The number of thioether (sulfide) groups is 1. The van der Waals surface area contributed by atoms with Crippen molar-refractivity contribution in [3.63, 3.8) is 0 Å². The van der Waals surface area contributed by atoms with Gasteiger partial charge in [0.1, 0.15) is 6.33 Å². The number of aromatic nitrogens is 4. The highest BCUT2D eigenvalue weighted by Crippen LogP contribution is 2.29. The summed E-state index contributed by atoms with van der Waals surface area (Å²) in [6.45, 7) is 9.64. The molecule has 0 unspecified atom stereocenters. The molecule has 0 spiro atoms. The van der Waals surface area contributed by atoms with Gasteiger partial charge < -0.3 is 0 Å². The van der Waals surface area contributed by atoms with Crippen LogP contribution in [0.3, 0.4) is 0 Å². The van der Waals surface area contributed by atoms with Crippen LogP contribution in [-0.4, -0.2) is 43.2 Å². The van der Waals surface area contributed by atoms with Crippen molar-refractivity contribution in [2.75, 3.05) is 13.1 Å². The lowest BCUT2D eigenvalue weighted by atomic mass is 9.91. The molecule has 1 fully saturated rings. The minimum absolute atomic E-state index is 0.560. The van der Waals surface area contributed by atoms with Crippen molar-refractivity contribution in [3.05, 3.63) is 41.7 Å². The first-order valence-electron chi connectivity index (χ1n) is 9.12. The SMILES string of the molecule is CC[C@H](C)Sc1ncc(CN2CCC(c3ncncc3C)CC2)cn1. The molecule has 6 heteroatoms. The summed E-state index contributed by atoms with van der Waals surface area (Å²) in [6, 6.07) is 0. The van der Waals surface area contributed by atoms with Crippen LogP contribution < -0.4 is 0 Å². The lowest BCUT2D eigenvalue weighted by Crippen LogP contribution is -2.33. The Labute approximate surface area is 154 Å². The Morgan fingerprint density at radius 1 is 1.16 bits per heavy atom. The molecule has 0 radical (unpaired) electrons. The highest BCUT2D eigenvalue weighted by atomic mass is 32.2. The second-order valence-electron chi connectivity index (χ2n) is 6.85. The van der Waals surface area contributed by atoms with E-state index >= 15 is 0 Å². The predicted molar refractivity (Wildman–Crippen MR) is 102 cm³/mol. The van der Waals surface area contributed by atoms with Gasteiger partial charge in [-0.05, 0) is 44.8 Å². The van der Waals surface area contributed by atoms with Crippen LogP contribution in [0.5, 0.6) is 0 Å². The lowest BCUT2D eigenvalue weighted by Gasteiger charge is -2.32. The molecule has 0 N–H and O–H groups in total. The molecule has 5 nitrogen and oxygen atoms in total. The summed E-state index contributed by atoms with van der Waals surface area (Å²) in [6.07, 6.45) is 11.0. The average Bonchev–Trinajstić information content (AvgIpc) is 2.64. The highest BCUT2D eigenvalue weighted by Gasteiger charge is 2.23. The number of nitrogens with zero attached hydrogens (tertiary/aromatic N) is 5. The molecule has 2 aromatic heterocycles. The van der Waals surface area contributed by atoms with E-state index in [2.05, 4.69) is 45.6 Å². The van der Waals surface area contributed by atoms with E-state index in [1.165, 1.54) is 16.8 Å². The topological polar surface area (TPSA) is 54.8 Å². The van der Waals surface area contributed by atoms with Gasteiger partial charge in [-0.1, -0.05) is 25.6 Å². The van der Waals surface area contributed by atoms with Gasteiger partial charge in [0, 0.05) is 47.6 Å². The van der Waals surface area contributed by atoms with Crippen LogP contribution in [0.1, 0.15) is 55.8 Å². The smallest absolute Gasteiger partial charge is 0.187 e. The monoisotopic (exact) mass is 357 g/mol. The van der Waals surface area contributed by atoms with Crippen LogP contribution in [-0.2, 0) is 6.54 Å². The maximum atomic E-state index is 4.51. The lowest BCUT2D eigenvalue weighted by molar-refractivity contribution is 0.202. The quantitative estimate of drug-likeness (QED) is 0.578. The summed E-state index contributed by atoms with van der Waals surface area (Å²) in [7, 11) is 0. The minimum atomic E-state index is 0.560.